The molecule has 11 heteroatoms. The van der Waals surface area contributed by atoms with Gasteiger partial charge in [0.05, 0.1) is 23.7 Å². The molecule has 0 atom stereocenters. The summed E-state index contributed by atoms with van der Waals surface area (Å²) in [6, 6.07) is 4.83. The fourth-order valence-corrected chi connectivity index (χ4v) is 3.16. The first-order valence-electron chi connectivity index (χ1n) is 8.22. The van der Waals surface area contributed by atoms with Crippen LogP contribution in [0.15, 0.2) is 51.5 Å². The Labute approximate surface area is 168 Å². The molecule has 1 fully saturated rings. The van der Waals surface area contributed by atoms with Crippen LogP contribution in [-0.4, -0.2) is 55.9 Å². The van der Waals surface area contributed by atoms with Gasteiger partial charge in [-0.15, -0.1) is 12.6 Å². The van der Waals surface area contributed by atoms with E-state index < -0.39 is 21.8 Å². The van der Waals surface area contributed by atoms with Crippen molar-refractivity contribution >= 4 is 40.1 Å². The number of anilines is 1. The van der Waals surface area contributed by atoms with Crippen molar-refractivity contribution < 1.29 is 27.3 Å². The van der Waals surface area contributed by atoms with E-state index in [4.69, 9.17) is 15.0 Å². The molecular formula is C17H21N3O6S2. The number of nitrogens with two attached hydrogens (primary N) is 1. The molecule has 0 spiro atoms. The van der Waals surface area contributed by atoms with Gasteiger partial charge >= 0.3 is 0 Å². The summed E-state index contributed by atoms with van der Waals surface area (Å²) in [4.78, 5) is 26.2. The van der Waals surface area contributed by atoms with Crippen molar-refractivity contribution in [2.45, 2.75) is 11.8 Å². The fourth-order valence-electron chi connectivity index (χ4n) is 2.41. The van der Waals surface area contributed by atoms with Crippen molar-refractivity contribution in [2.75, 3.05) is 31.6 Å². The van der Waals surface area contributed by atoms with Gasteiger partial charge in [0.15, 0.2) is 5.78 Å². The Morgan fingerprint density at radius 2 is 1.82 bits per heavy atom. The summed E-state index contributed by atoms with van der Waals surface area (Å²) < 4.78 is 36.3. The van der Waals surface area contributed by atoms with E-state index in [1.54, 1.807) is 0 Å². The first kappa shape index (κ1) is 22.0. The zero-order valence-corrected chi connectivity index (χ0v) is 16.8. The third-order valence-corrected chi connectivity index (χ3v) is 5.16. The smallest absolute Gasteiger partial charge is 0.294 e. The van der Waals surface area contributed by atoms with Gasteiger partial charge in [0.25, 0.3) is 16.0 Å². The molecule has 152 valence electrons. The van der Waals surface area contributed by atoms with Gasteiger partial charge in [0.1, 0.15) is 5.82 Å². The van der Waals surface area contributed by atoms with E-state index in [2.05, 4.69) is 17.9 Å². The number of rotatable bonds is 6. The van der Waals surface area contributed by atoms with Gasteiger partial charge in [-0.25, -0.2) is 0 Å². The highest BCUT2D eigenvalue weighted by Gasteiger charge is 2.18. The van der Waals surface area contributed by atoms with Crippen molar-refractivity contribution in [3.05, 3.63) is 46.6 Å². The van der Waals surface area contributed by atoms with E-state index in [1.165, 1.54) is 25.1 Å². The van der Waals surface area contributed by atoms with Crippen LogP contribution in [0, 0.1) is 0 Å². The Morgan fingerprint density at radius 3 is 2.32 bits per heavy atom. The zero-order chi connectivity index (χ0) is 20.9. The minimum atomic E-state index is -4.34. The Balaban J connectivity index is 2.21. The average molecular weight is 428 g/mol. The molecule has 1 aliphatic heterocycles. The molecule has 2 rings (SSSR count). The van der Waals surface area contributed by atoms with Crippen LogP contribution in [0.4, 0.5) is 5.69 Å². The SMILES string of the molecule is CC(=O)/C(=C/C(S)=C(/N)N1CCOCC1)C(=O)Nc1ccc(S(=O)(=O)O)cc1. The Bertz CT molecular complexity index is 917. The maximum absolute atomic E-state index is 12.5. The van der Waals surface area contributed by atoms with E-state index in [0.29, 0.717) is 32.1 Å². The minimum Gasteiger partial charge on any atom is -0.384 e. The molecule has 28 heavy (non-hydrogen) atoms. The highest BCUT2D eigenvalue weighted by atomic mass is 32.2. The molecule has 1 heterocycles. The Morgan fingerprint density at radius 1 is 1.25 bits per heavy atom. The normalized spacial score (nSPS) is 16.4. The van der Waals surface area contributed by atoms with Gasteiger partial charge in [-0.3, -0.25) is 14.1 Å². The molecular weight excluding hydrogens is 406 g/mol. The highest BCUT2D eigenvalue weighted by Crippen LogP contribution is 2.18. The van der Waals surface area contributed by atoms with Crippen LogP contribution in [-0.2, 0) is 24.4 Å². The van der Waals surface area contributed by atoms with E-state index in [-0.39, 0.29) is 21.1 Å². The third-order valence-electron chi connectivity index (χ3n) is 3.93. The summed E-state index contributed by atoms with van der Waals surface area (Å²) >= 11 is 4.30. The van der Waals surface area contributed by atoms with Crippen LogP contribution in [0.2, 0.25) is 0 Å². The van der Waals surface area contributed by atoms with Crippen LogP contribution in [0.25, 0.3) is 0 Å². The number of nitrogens with zero attached hydrogens (tertiary/aromatic N) is 1. The van der Waals surface area contributed by atoms with Crippen LogP contribution in [0.3, 0.4) is 0 Å². The predicted molar refractivity (Wildman–Crippen MR) is 106 cm³/mol. The average Bonchev–Trinajstić information content (AvgIpc) is 2.65. The lowest BCUT2D eigenvalue weighted by Crippen LogP contribution is -2.38. The van der Waals surface area contributed by atoms with Crippen LogP contribution in [0.5, 0.6) is 0 Å². The molecule has 1 amide bonds. The predicted octanol–water partition coefficient (Wildman–Crippen LogP) is 0.777. The van der Waals surface area contributed by atoms with Crippen molar-refractivity contribution in [1.82, 2.24) is 4.90 Å². The molecule has 0 saturated carbocycles. The number of benzene rings is 1. The van der Waals surface area contributed by atoms with Crippen LogP contribution in [0.1, 0.15) is 6.92 Å². The molecule has 0 aromatic heterocycles. The van der Waals surface area contributed by atoms with Crippen molar-refractivity contribution in [3.63, 3.8) is 0 Å². The van der Waals surface area contributed by atoms with Crippen molar-refractivity contribution in [1.29, 1.82) is 0 Å². The Hall–Kier alpha value is -2.34. The lowest BCUT2D eigenvalue weighted by Gasteiger charge is -2.29. The number of allylic oxidation sites excluding steroid dienone is 1. The summed E-state index contributed by atoms with van der Waals surface area (Å²) in [7, 11) is -4.34. The number of thiol groups is 1. The summed E-state index contributed by atoms with van der Waals surface area (Å²) in [5.41, 5.74) is 6.14. The third kappa shape index (κ3) is 5.83. The number of hydrogen-bond acceptors (Lipinski definition) is 8. The fraction of sp³-hybridized carbons (Fsp3) is 0.294. The van der Waals surface area contributed by atoms with Gasteiger partial charge in [-0.1, -0.05) is 0 Å². The number of ether oxygens (including phenoxy) is 1. The second-order valence-corrected chi connectivity index (χ2v) is 7.84. The topological polar surface area (TPSA) is 139 Å². The molecule has 0 radical (unpaired) electrons. The van der Waals surface area contributed by atoms with E-state index in [1.807, 2.05) is 4.90 Å². The molecule has 1 aromatic carbocycles. The molecule has 0 aliphatic carbocycles. The quantitative estimate of drug-likeness (QED) is 0.130. The zero-order valence-electron chi connectivity index (χ0n) is 15.1. The molecule has 9 nitrogen and oxygen atoms in total. The summed E-state index contributed by atoms with van der Waals surface area (Å²) in [5.74, 6) is -0.863. The number of amides is 1. The van der Waals surface area contributed by atoms with E-state index in [9.17, 15) is 18.0 Å². The van der Waals surface area contributed by atoms with Gasteiger partial charge in [-0.05, 0) is 37.3 Å². The first-order chi connectivity index (χ1) is 13.1. The number of ketones is 1. The number of hydrogen-bond donors (Lipinski definition) is 4. The molecule has 1 aromatic rings. The van der Waals surface area contributed by atoms with Gasteiger partial charge < -0.3 is 20.7 Å². The first-order valence-corrected chi connectivity index (χ1v) is 10.1. The number of morpholine rings is 1. The summed E-state index contributed by atoms with van der Waals surface area (Å²) in [6.45, 7) is 3.42. The lowest BCUT2D eigenvalue weighted by molar-refractivity contribution is -0.118. The van der Waals surface area contributed by atoms with Crippen LogP contribution >= 0.6 is 12.6 Å². The van der Waals surface area contributed by atoms with Crippen molar-refractivity contribution in [2.24, 2.45) is 5.73 Å². The highest BCUT2D eigenvalue weighted by molar-refractivity contribution is 7.85. The van der Waals surface area contributed by atoms with E-state index in [0.717, 1.165) is 12.1 Å². The van der Waals surface area contributed by atoms with Crippen molar-refractivity contribution in [3.8, 4) is 0 Å². The molecule has 1 aliphatic rings. The number of nitrogens with one attached hydrogen (secondary N) is 1. The molecule has 1 saturated heterocycles. The molecule has 0 bridgehead atoms. The maximum Gasteiger partial charge on any atom is 0.294 e. The summed E-state index contributed by atoms with van der Waals surface area (Å²) in [6.07, 6.45) is 1.29. The Kier molecular flexibility index (Phi) is 7.24. The lowest BCUT2D eigenvalue weighted by atomic mass is 10.1. The number of carbonyl (C=O) groups is 2. The molecule has 4 N–H and O–H groups in total. The van der Waals surface area contributed by atoms with Gasteiger partial charge in [-0.2, -0.15) is 8.42 Å². The monoisotopic (exact) mass is 427 g/mol. The van der Waals surface area contributed by atoms with Gasteiger partial charge in [0, 0.05) is 23.7 Å². The summed E-state index contributed by atoms with van der Waals surface area (Å²) in [5, 5.41) is 2.49. The second-order valence-electron chi connectivity index (χ2n) is 5.94. The minimum absolute atomic E-state index is 0.167. The maximum atomic E-state index is 12.5. The standard InChI is InChI=1S/C17H21N3O6S2/c1-11(21)14(10-15(27)16(18)20-6-8-26-9-7-20)17(22)19-12-2-4-13(5-3-12)28(23,24)25/h2-5,10,27H,6-9,18H2,1H3,(H,19,22)(H,23,24,25)/b14-10-,16-15+. The number of Topliss-reactive ketones (excluding diaryl/α,β-unsaturated/α-hetero) is 1. The van der Waals surface area contributed by atoms with Crippen LogP contribution < -0.4 is 11.1 Å². The van der Waals surface area contributed by atoms with E-state index >= 15 is 0 Å². The van der Waals surface area contributed by atoms with Gasteiger partial charge in [0.2, 0.25) is 0 Å². The molecule has 0 unspecified atom stereocenters. The second kappa shape index (κ2) is 9.24. The number of carbonyl (C=O) groups excluding carboxylic acids is 2. The largest absolute Gasteiger partial charge is 0.384 e.